The van der Waals surface area contributed by atoms with Crippen LogP contribution in [0.4, 0.5) is 11.6 Å². The van der Waals surface area contributed by atoms with E-state index < -0.39 is 0 Å². The molecule has 0 radical (unpaired) electrons. The molecule has 3 N–H and O–H groups in total. The van der Waals surface area contributed by atoms with Crippen LogP contribution in [0.5, 0.6) is 0 Å². The van der Waals surface area contributed by atoms with Crippen molar-refractivity contribution in [2.75, 3.05) is 43.4 Å². The van der Waals surface area contributed by atoms with Gasteiger partial charge in [0.05, 0.1) is 5.69 Å². The van der Waals surface area contributed by atoms with Gasteiger partial charge in [-0.05, 0) is 35.9 Å². The van der Waals surface area contributed by atoms with Gasteiger partial charge in [0, 0.05) is 62.4 Å². The summed E-state index contributed by atoms with van der Waals surface area (Å²) < 4.78 is 0. The maximum absolute atomic E-state index is 12.2. The third kappa shape index (κ3) is 4.52. The summed E-state index contributed by atoms with van der Waals surface area (Å²) in [5.41, 5.74) is 4.30. The van der Waals surface area contributed by atoms with E-state index in [1.54, 1.807) is 19.4 Å². The van der Waals surface area contributed by atoms with Gasteiger partial charge in [-0.25, -0.2) is 9.97 Å². The minimum Gasteiger partial charge on any atom is -0.369 e. The number of nitrogens with zero attached hydrogens (tertiary/aromatic N) is 3. The van der Waals surface area contributed by atoms with Gasteiger partial charge in [-0.2, -0.15) is 0 Å². The van der Waals surface area contributed by atoms with E-state index in [9.17, 15) is 4.79 Å². The van der Waals surface area contributed by atoms with Crippen LogP contribution in [0.15, 0.2) is 53.6 Å². The minimum atomic E-state index is -0.134. The molecule has 7 nitrogen and oxygen atoms in total. The molecule has 1 aromatic carbocycles. The Kier molecular flexibility index (Phi) is 5.67. The average Bonchev–Trinajstić information content (AvgIpc) is 2.79. The van der Waals surface area contributed by atoms with E-state index >= 15 is 0 Å². The van der Waals surface area contributed by atoms with Crippen LogP contribution in [0, 0.1) is 0 Å². The van der Waals surface area contributed by atoms with Gasteiger partial charge in [-0.15, -0.1) is 0 Å². The summed E-state index contributed by atoms with van der Waals surface area (Å²) in [4.78, 5) is 26.0. The maximum atomic E-state index is 12.2. The van der Waals surface area contributed by atoms with Crippen LogP contribution in [0.25, 0.3) is 23.4 Å². The number of H-pyrrole nitrogens is 1. The van der Waals surface area contributed by atoms with E-state index in [2.05, 4.69) is 54.8 Å². The highest BCUT2D eigenvalue weighted by atomic mass is 16.1. The largest absolute Gasteiger partial charge is 0.369 e. The number of piperazine rings is 1. The molecule has 0 saturated carbocycles. The molecule has 0 bridgehead atoms. The first-order chi connectivity index (χ1) is 14.2. The fourth-order valence-corrected chi connectivity index (χ4v) is 3.32. The molecule has 1 fully saturated rings. The molecule has 2 aromatic heterocycles. The first kappa shape index (κ1) is 18.9. The topological polar surface area (TPSA) is 85.9 Å². The summed E-state index contributed by atoms with van der Waals surface area (Å²) in [5.74, 6) is 0.537. The van der Waals surface area contributed by atoms with E-state index in [1.807, 2.05) is 24.3 Å². The predicted octanol–water partition coefficient (Wildman–Crippen LogP) is 2.45. The molecule has 4 rings (SSSR count). The zero-order chi connectivity index (χ0) is 20.1. The highest BCUT2D eigenvalue weighted by Gasteiger charge is 2.09. The third-order valence-electron chi connectivity index (χ3n) is 4.94. The zero-order valence-corrected chi connectivity index (χ0v) is 16.4. The SMILES string of the molecule is CNc1nccc(-c2c[nH]c(=O)c(/C=C/c3ccc(N4CCNCC4)cc3)c2)n1. The van der Waals surface area contributed by atoms with Crippen molar-refractivity contribution in [1.82, 2.24) is 20.3 Å². The Morgan fingerprint density at radius 2 is 1.90 bits per heavy atom. The van der Waals surface area contributed by atoms with Crippen molar-refractivity contribution in [1.29, 1.82) is 0 Å². The van der Waals surface area contributed by atoms with Crippen LogP contribution < -0.4 is 21.1 Å². The summed E-state index contributed by atoms with van der Waals surface area (Å²) in [5, 5.41) is 6.29. The molecule has 0 unspecified atom stereocenters. The summed E-state index contributed by atoms with van der Waals surface area (Å²) in [6, 6.07) is 12.1. The van der Waals surface area contributed by atoms with Crippen LogP contribution in [0.2, 0.25) is 0 Å². The molecule has 29 heavy (non-hydrogen) atoms. The Morgan fingerprint density at radius 1 is 1.10 bits per heavy atom. The quantitative estimate of drug-likeness (QED) is 0.623. The van der Waals surface area contributed by atoms with Gasteiger partial charge in [-0.3, -0.25) is 4.79 Å². The van der Waals surface area contributed by atoms with Crippen molar-refractivity contribution in [3.8, 4) is 11.3 Å². The second-order valence-electron chi connectivity index (χ2n) is 6.85. The smallest absolute Gasteiger partial charge is 0.255 e. The number of nitrogens with one attached hydrogen (secondary N) is 3. The van der Waals surface area contributed by atoms with Gasteiger partial charge in [0.1, 0.15) is 0 Å². The summed E-state index contributed by atoms with van der Waals surface area (Å²) in [7, 11) is 1.77. The Balaban J connectivity index is 1.54. The third-order valence-corrected chi connectivity index (χ3v) is 4.94. The summed E-state index contributed by atoms with van der Waals surface area (Å²) in [6.07, 6.45) is 7.15. The molecule has 3 aromatic rings. The first-order valence-corrected chi connectivity index (χ1v) is 9.71. The Labute approximate surface area is 169 Å². The second kappa shape index (κ2) is 8.70. The molecule has 0 atom stereocenters. The molecule has 0 aliphatic carbocycles. The second-order valence-corrected chi connectivity index (χ2v) is 6.85. The zero-order valence-electron chi connectivity index (χ0n) is 16.4. The number of aromatic amines is 1. The standard InChI is InChI=1S/C22H24N6O/c1-23-22-25-9-8-20(27-22)18-14-17(21(29)26-15-18)5-2-16-3-6-19(7-4-16)28-12-10-24-11-13-28/h2-9,14-15,24H,10-13H2,1H3,(H,26,29)(H,23,25,27)/b5-2+. The van der Waals surface area contributed by atoms with Crippen molar-refractivity contribution in [2.45, 2.75) is 0 Å². The molecule has 0 spiro atoms. The molecular weight excluding hydrogens is 364 g/mol. The first-order valence-electron chi connectivity index (χ1n) is 9.71. The van der Waals surface area contributed by atoms with Crippen molar-refractivity contribution < 1.29 is 0 Å². The van der Waals surface area contributed by atoms with Gasteiger partial charge in [0.15, 0.2) is 0 Å². The molecule has 1 aliphatic heterocycles. The lowest BCUT2D eigenvalue weighted by molar-refractivity contribution is 0.589. The Hall–Kier alpha value is -3.45. The fourth-order valence-electron chi connectivity index (χ4n) is 3.32. The number of pyridine rings is 1. The van der Waals surface area contributed by atoms with Crippen molar-refractivity contribution in [2.24, 2.45) is 0 Å². The highest BCUT2D eigenvalue weighted by Crippen LogP contribution is 2.19. The lowest BCUT2D eigenvalue weighted by atomic mass is 10.1. The number of benzene rings is 1. The molecular formula is C22H24N6O. The Morgan fingerprint density at radius 3 is 2.66 bits per heavy atom. The Bertz CT molecular complexity index is 1050. The molecule has 1 saturated heterocycles. The van der Waals surface area contributed by atoms with Crippen LogP contribution >= 0.6 is 0 Å². The summed E-state index contributed by atoms with van der Waals surface area (Å²) in [6.45, 7) is 4.08. The van der Waals surface area contributed by atoms with E-state index in [-0.39, 0.29) is 5.56 Å². The molecule has 7 heteroatoms. The van der Waals surface area contributed by atoms with Gasteiger partial charge >= 0.3 is 0 Å². The van der Waals surface area contributed by atoms with Gasteiger partial charge < -0.3 is 20.5 Å². The molecule has 3 heterocycles. The average molecular weight is 388 g/mol. The van der Waals surface area contributed by atoms with Crippen molar-refractivity contribution >= 4 is 23.8 Å². The number of hydrogen-bond donors (Lipinski definition) is 3. The molecule has 148 valence electrons. The van der Waals surface area contributed by atoms with E-state index in [4.69, 9.17) is 0 Å². The number of rotatable bonds is 5. The monoisotopic (exact) mass is 388 g/mol. The maximum Gasteiger partial charge on any atom is 0.255 e. The molecule has 0 amide bonds. The number of hydrogen-bond acceptors (Lipinski definition) is 6. The van der Waals surface area contributed by atoms with Gasteiger partial charge in [0.25, 0.3) is 5.56 Å². The fraction of sp³-hybridized carbons (Fsp3) is 0.227. The number of anilines is 2. The van der Waals surface area contributed by atoms with E-state index in [1.165, 1.54) is 5.69 Å². The van der Waals surface area contributed by atoms with Crippen LogP contribution in [-0.2, 0) is 0 Å². The lowest BCUT2D eigenvalue weighted by Gasteiger charge is -2.29. The van der Waals surface area contributed by atoms with Crippen molar-refractivity contribution in [3.63, 3.8) is 0 Å². The minimum absolute atomic E-state index is 0.134. The van der Waals surface area contributed by atoms with Crippen LogP contribution in [0.3, 0.4) is 0 Å². The van der Waals surface area contributed by atoms with E-state index in [0.29, 0.717) is 11.5 Å². The highest BCUT2D eigenvalue weighted by molar-refractivity contribution is 5.72. The van der Waals surface area contributed by atoms with Gasteiger partial charge in [0.2, 0.25) is 5.95 Å². The normalized spacial score (nSPS) is 14.3. The van der Waals surface area contributed by atoms with E-state index in [0.717, 1.165) is 43.0 Å². The summed E-state index contributed by atoms with van der Waals surface area (Å²) >= 11 is 0. The lowest BCUT2D eigenvalue weighted by Crippen LogP contribution is -2.43. The van der Waals surface area contributed by atoms with Crippen LogP contribution in [0.1, 0.15) is 11.1 Å². The molecule has 1 aliphatic rings. The predicted molar refractivity (Wildman–Crippen MR) is 118 cm³/mol. The number of aromatic nitrogens is 3. The van der Waals surface area contributed by atoms with Gasteiger partial charge in [-0.1, -0.05) is 18.2 Å². The van der Waals surface area contributed by atoms with Crippen LogP contribution in [-0.4, -0.2) is 48.2 Å². The van der Waals surface area contributed by atoms with Crippen molar-refractivity contribution in [3.05, 3.63) is 70.3 Å².